The fourth-order valence-electron chi connectivity index (χ4n) is 2.32. The molecule has 2 nitrogen and oxygen atoms in total. The van der Waals surface area contributed by atoms with Crippen LogP contribution in [-0.2, 0) is 9.53 Å². The third-order valence-corrected chi connectivity index (χ3v) is 5.13. The van der Waals surface area contributed by atoms with Gasteiger partial charge in [-0.2, -0.15) is 0 Å². The molecular weight excluding hydrogens is 364 g/mol. The molecule has 0 aliphatic carbocycles. The summed E-state index contributed by atoms with van der Waals surface area (Å²) in [5.41, 5.74) is 0. The normalized spacial score (nSPS) is 13.7. The second-order valence-electron chi connectivity index (χ2n) is 6.47. The Bertz CT molecular complexity index is 501. The number of ether oxygens (including phenoxy) is 1. The van der Waals surface area contributed by atoms with Gasteiger partial charge in [-0.05, 0) is 71.0 Å². The van der Waals surface area contributed by atoms with Crippen molar-refractivity contribution in [1.29, 1.82) is 0 Å². The van der Waals surface area contributed by atoms with Crippen LogP contribution >= 0.6 is 11.8 Å². The Kier molecular flexibility index (Phi) is 20.7. The quantitative estimate of drug-likeness (QED) is 0.142. The highest BCUT2D eigenvalue weighted by molar-refractivity contribution is 8.00. The summed E-state index contributed by atoms with van der Waals surface area (Å²) in [6.45, 7) is 6.39. The predicted molar refractivity (Wildman–Crippen MR) is 127 cm³/mol. The molecule has 0 rings (SSSR count). The lowest BCUT2D eigenvalue weighted by atomic mass is 10.2. The molecule has 0 spiro atoms. The van der Waals surface area contributed by atoms with Gasteiger partial charge in [-0.1, -0.05) is 67.7 Å². The lowest BCUT2D eigenvalue weighted by molar-refractivity contribution is -0.142. The van der Waals surface area contributed by atoms with Crippen LogP contribution in [-0.4, -0.2) is 23.6 Å². The summed E-state index contributed by atoms with van der Waals surface area (Å²) >= 11 is 1.69. The van der Waals surface area contributed by atoms with E-state index in [1.165, 1.54) is 6.42 Å². The SMILES string of the molecule is CC/C=C\C/C=C\C/C=C\C/C=C\C/C=C\CCCCSC(C)C(=O)OCC. The molecule has 0 aliphatic heterocycles. The lowest BCUT2D eigenvalue weighted by Gasteiger charge is -2.09. The maximum Gasteiger partial charge on any atom is 0.318 e. The Morgan fingerprint density at radius 2 is 1.29 bits per heavy atom. The molecule has 0 amide bonds. The summed E-state index contributed by atoms with van der Waals surface area (Å²) in [6, 6.07) is 0. The molecule has 1 atom stereocenters. The Hall–Kier alpha value is -1.48. The van der Waals surface area contributed by atoms with Crippen molar-refractivity contribution in [3.8, 4) is 0 Å². The van der Waals surface area contributed by atoms with Crippen LogP contribution in [0, 0.1) is 0 Å². The molecule has 0 N–H and O–H groups in total. The van der Waals surface area contributed by atoms with Crippen LogP contribution in [0.15, 0.2) is 60.8 Å². The number of carbonyl (C=O) groups is 1. The number of allylic oxidation sites excluding steroid dienone is 10. The maximum absolute atomic E-state index is 11.5. The number of hydrogen-bond acceptors (Lipinski definition) is 3. The minimum Gasteiger partial charge on any atom is -0.465 e. The van der Waals surface area contributed by atoms with E-state index < -0.39 is 0 Å². The van der Waals surface area contributed by atoms with E-state index in [0.717, 1.165) is 50.7 Å². The van der Waals surface area contributed by atoms with Gasteiger partial charge in [-0.15, -0.1) is 11.8 Å². The molecule has 158 valence electrons. The van der Waals surface area contributed by atoms with Crippen molar-refractivity contribution in [3.05, 3.63) is 60.8 Å². The average Bonchev–Trinajstić information content (AvgIpc) is 2.69. The van der Waals surface area contributed by atoms with Crippen molar-refractivity contribution in [2.24, 2.45) is 0 Å². The van der Waals surface area contributed by atoms with Crippen LogP contribution in [0.1, 0.15) is 72.1 Å². The number of carbonyl (C=O) groups excluding carboxylic acids is 1. The van der Waals surface area contributed by atoms with Gasteiger partial charge in [0.05, 0.1) is 11.9 Å². The van der Waals surface area contributed by atoms with Gasteiger partial charge in [0.25, 0.3) is 0 Å². The molecule has 0 heterocycles. The molecule has 0 fully saturated rings. The molecule has 3 heteroatoms. The predicted octanol–water partition coefficient (Wildman–Crippen LogP) is 7.59. The Morgan fingerprint density at radius 3 is 1.79 bits per heavy atom. The van der Waals surface area contributed by atoms with Gasteiger partial charge in [0, 0.05) is 0 Å². The number of esters is 1. The highest BCUT2D eigenvalue weighted by atomic mass is 32.2. The minimum absolute atomic E-state index is 0.0475. The van der Waals surface area contributed by atoms with Crippen molar-refractivity contribution in [2.45, 2.75) is 77.4 Å². The van der Waals surface area contributed by atoms with Crippen LogP contribution in [0.5, 0.6) is 0 Å². The molecule has 0 bridgehead atoms. The minimum atomic E-state index is -0.0923. The standard InChI is InChI=1S/C25H40O2S/c1-4-6-7-8-9-10-11-12-13-14-15-16-17-18-19-20-21-22-23-28-24(3)25(26)27-5-2/h6-7,9-10,12-13,15-16,18-19,24H,4-5,8,11,14,17,20-23H2,1-3H3/b7-6-,10-9-,13-12-,16-15-,19-18-. The molecule has 0 aliphatic rings. The van der Waals surface area contributed by atoms with Crippen LogP contribution in [0.3, 0.4) is 0 Å². The van der Waals surface area contributed by atoms with Gasteiger partial charge in [0.15, 0.2) is 0 Å². The largest absolute Gasteiger partial charge is 0.465 e. The highest BCUT2D eigenvalue weighted by Gasteiger charge is 2.13. The van der Waals surface area contributed by atoms with E-state index in [1.54, 1.807) is 11.8 Å². The number of thioether (sulfide) groups is 1. The molecule has 0 aromatic carbocycles. The molecule has 0 radical (unpaired) electrons. The zero-order valence-electron chi connectivity index (χ0n) is 18.1. The van der Waals surface area contributed by atoms with Crippen LogP contribution < -0.4 is 0 Å². The summed E-state index contributed by atoms with van der Waals surface area (Å²) in [7, 11) is 0. The van der Waals surface area contributed by atoms with E-state index in [0.29, 0.717) is 6.61 Å². The molecule has 0 aromatic heterocycles. The van der Waals surface area contributed by atoms with Crippen molar-refractivity contribution in [1.82, 2.24) is 0 Å². The first-order valence-electron chi connectivity index (χ1n) is 10.8. The topological polar surface area (TPSA) is 26.3 Å². The Balaban J connectivity index is 3.50. The lowest BCUT2D eigenvalue weighted by Crippen LogP contribution is -2.17. The van der Waals surface area contributed by atoms with Gasteiger partial charge in [-0.25, -0.2) is 0 Å². The van der Waals surface area contributed by atoms with Crippen LogP contribution in [0.25, 0.3) is 0 Å². The third-order valence-electron chi connectivity index (χ3n) is 3.91. The van der Waals surface area contributed by atoms with Crippen LogP contribution in [0.4, 0.5) is 0 Å². The maximum atomic E-state index is 11.5. The van der Waals surface area contributed by atoms with Gasteiger partial charge in [0.1, 0.15) is 0 Å². The average molecular weight is 405 g/mol. The second-order valence-corrected chi connectivity index (χ2v) is 7.92. The highest BCUT2D eigenvalue weighted by Crippen LogP contribution is 2.15. The smallest absolute Gasteiger partial charge is 0.318 e. The fraction of sp³-hybridized carbons (Fsp3) is 0.560. The first kappa shape index (κ1) is 26.5. The summed E-state index contributed by atoms with van der Waals surface area (Å²) in [5.74, 6) is 0.926. The fourth-order valence-corrected chi connectivity index (χ4v) is 3.25. The molecule has 28 heavy (non-hydrogen) atoms. The van der Waals surface area contributed by atoms with E-state index in [1.807, 2.05) is 13.8 Å². The molecule has 1 unspecified atom stereocenters. The Morgan fingerprint density at radius 1 is 0.786 bits per heavy atom. The number of rotatable bonds is 17. The number of hydrogen-bond donors (Lipinski definition) is 0. The molecular formula is C25H40O2S. The van der Waals surface area contributed by atoms with Crippen molar-refractivity contribution < 1.29 is 9.53 Å². The van der Waals surface area contributed by atoms with Crippen molar-refractivity contribution in [2.75, 3.05) is 12.4 Å². The summed E-state index contributed by atoms with van der Waals surface area (Å²) in [6.07, 6.45) is 30.9. The first-order chi connectivity index (χ1) is 13.7. The Labute approximate surface area is 177 Å². The summed E-state index contributed by atoms with van der Waals surface area (Å²) < 4.78 is 5.01. The first-order valence-corrected chi connectivity index (χ1v) is 11.8. The van der Waals surface area contributed by atoms with E-state index in [-0.39, 0.29) is 11.2 Å². The molecule has 0 saturated heterocycles. The van der Waals surface area contributed by atoms with E-state index in [4.69, 9.17) is 4.74 Å². The van der Waals surface area contributed by atoms with Gasteiger partial charge in [0.2, 0.25) is 0 Å². The monoisotopic (exact) mass is 404 g/mol. The van der Waals surface area contributed by atoms with Gasteiger partial charge >= 0.3 is 5.97 Å². The summed E-state index contributed by atoms with van der Waals surface area (Å²) in [4.78, 5) is 11.5. The van der Waals surface area contributed by atoms with Crippen molar-refractivity contribution in [3.63, 3.8) is 0 Å². The molecule has 0 saturated carbocycles. The third kappa shape index (κ3) is 19.3. The van der Waals surface area contributed by atoms with Crippen LogP contribution in [0.2, 0.25) is 0 Å². The zero-order chi connectivity index (χ0) is 20.7. The summed E-state index contributed by atoms with van der Waals surface area (Å²) in [5, 5.41) is -0.0475. The van der Waals surface area contributed by atoms with Crippen molar-refractivity contribution >= 4 is 17.7 Å². The van der Waals surface area contributed by atoms with E-state index >= 15 is 0 Å². The van der Waals surface area contributed by atoms with Gasteiger partial charge in [-0.3, -0.25) is 4.79 Å². The number of unbranched alkanes of at least 4 members (excludes halogenated alkanes) is 2. The van der Waals surface area contributed by atoms with E-state index in [2.05, 4.69) is 67.7 Å². The molecule has 0 aromatic rings. The second kappa shape index (κ2) is 21.8. The van der Waals surface area contributed by atoms with E-state index in [9.17, 15) is 4.79 Å². The zero-order valence-corrected chi connectivity index (χ0v) is 19.0. The van der Waals surface area contributed by atoms with Gasteiger partial charge < -0.3 is 4.74 Å².